The number of H-pyrrole nitrogens is 1. The van der Waals surface area contributed by atoms with E-state index in [0.29, 0.717) is 18.8 Å². The van der Waals surface area contributed by atoms with Crippen LogP contribution in [0, 0.1) is 6.92 Å². The summed E-state index contributed by atoms with van der Waals surface area (Å²) in [6.07, 6.45) is 3.46. The molecule has 1 aromatic heterocycles. The molecule has 6 nitrogen and oxygen atoms in total. The minimum atomic E-state index is -0.264. The summed E-state index contributed by atoms with van der Waals surface area (Å²) in [7, 11) is 1.76. The number of nitrogens with zero attached hydrogens (tertiary/aromatic N) is 3. The van der Waals surface area contributed by atoms with Gasteiger partial charge in [-0.05, 0) is 26.2 Å². The summed E-state index contributed by atoms with van der Waals surface area (Å²) in [6.45, 7) is 2.26. The molecule has 0 aliphatic heterocycles. The first-order valence-electron chi connectivity index (χ1n) is 5.89. The van der Waals surface area contributed by atoms with Crippen LogP contribution in [0.25, 0.3) is 0 Å². The smallest absolute Gasteiger partial charge is 0.224 e. The van der Waals surface area contributed by atoms with Crippen LogP contribution in [0.15, 0.2) is 0 Å². The Bertz CT molecular complexity index is 410. The Kier molecular flexibility index (Phi) is 3.15. The van der Waals surface area contributed by atoms with Gasteiger partial charge in [-0.15, -0.1) is 0 Å². The second-order valence-corrected chi connectivity index (χ2v) is 4.98. The van der Waals surface area contributed by atoms with E-state index in [-0.39, 0.29) is 11.4 Å². The lowest BCUT2D eigenvalue weighted by Gasteiger charge is -2.38. The fraction of sp³-hybridized carbons (Fsp3) is 0.727. The average molecular weight is 237 g/mol. The van der Waals surface area contributed by atoms with Crippen LogP contribution in [-0.2, 0) is 11.3 Å². The van der Waals surface area contributed by atoms with Gasteiger partial charge in [-0.25, -0.2) is 4.98 Å². The molecular formula is C11H19N5O. The molecule has 2 rings (SSSR count). The summed E-state index contributed by atoms with van der Waals surface area (Å²) in [5.41, 5.74) is 5.79. The fourth-order valence-corrected chi connectivity index (χ4v) is 2.00. The second kappa shape index (κ2) is 4.44. The predicted molar refractivity (Wildman–Crippen MR) is 63.0 cm³/mol. The average Bonchev–Trinajstić information content (AvgIpc) is 2.61. The van der Waals surface area contributed by atoms with Crippen LogP contribution in [0.3, 0.4) is 0 Å². The van der Waals surface area contributed by atoms with Gasteiger partial charge in [0, 0.05) is 19.0 Å². The number of aryl methyl sites for hydroxylation is 1. The number of aromatic amines is 1. The molecular weight excluding hydrogens is 218 g/mol. The zero-order chi connectivity index (χ0) is 12.5. The number of hydrogen-bond acceptors (Lipinski definition) is 4. The van der Waals surface area contributed by atoms with Crippen molar-refractivity contribution >= 4 is 5.91 Å². The van der Waals surface area contributed by atoms with E-state index in [1.54, 1.807) is 11.9 Å². The maximum atomic E-state index is 11.9. The molecule has 1 aliphatic carbocycles. The molecule has 1 saturated carbocycles. The summed E-state index contributed by atoms with van der Waals surface area (Å²) >= 11 is 0. The summed E-state index contributed by atoms with van der Waals surface area (Å²) in [5, 5.41) is 6.77. The molecule has 1 heterocycles. The highest BCUT2D eigenvalue weighted by molar-refractivity contribution is 5.77. The highest BCUT2D eigenvalue weighted by atomic mass is 16.2. The summed E-state index contributed by atoms with van der Waals surface area (Å²) in [6, 6.07) is 0. The van der Waals surface area contributed by atoms with E-state index in [9.17, 15) is 4.79 Å². The van der Waals surface area contributed by atoms with Crippen LogP contribution in [0.5, 0.6) is 0 Å². The van der Waals surface area contributed by atoms with Crippen LogP contribution in [0.1, 0.15) is 37.3 Å². The van der Waals surface area contributed by atoms with Crippen molar-refractivity contribution in [3.05, 3.63) is 11.6 Å². The normalized spacial score (nSPS) is 17.6. The molecule has 1 amide bonds. The lowest BCUT2D eigenvalue weighted by atomic mass is 9.75. The van der Waals surface area contributed by atoms with Crippen molar-refractivity contribution in [1.29, 1.82) is 0 Å². The SMILES string of the molecule is Cc1nc(CN(C)C(=O)CC2(N)CCC2)n[nH]1. The van der Waals surface area contributed by atoms with Gasteiger partial charge >= 0.3 is 0 Å². The Balaban J connectivity index is 1.86. The lowest BCUT2D eigenvalue weighted by Crippen LogP contribution is -2.50. The van der Waals surface area contributed by atoms with Crippen LogP contribution < -0.4 is 5.73 Å². The lowest BCUT2D eigenvalue weighted by molar-refractivity contribution is -0.132. The Morgan fingerprint density at radius 2 is 2.29 bits per heavy atom. The molecule has 1 aromatic rings. The summed E-state index contributed by atoms with van der Waals surface area (Å²) in [5.74, 6) is 1.46. The Hall–Kier alpha value is -1.43. The quantitative estimate of drug-likeness (QED) is 0.790. The monoisotopic (exact) mass is 237 g/mol. The third-order valence-corrected chi connectivity index (χ3v) is 3.30. The highest BCUT2D eigenvalue weighted by Gasteiger charge is 2.35. The number of amides is 1. The first-order chi connectivity index (χ1) is 7.98. The van der Waals surface area contributed by atoms with E-state index >= 15 is 0 Å². The van der Waals surface area contributed by atoms with E-state index < -0.39 is 0 Å². The van der Waals surface area contributed by atoms with Gasteiger partial charge in [-0.2, -0.15) is 5.10 Å². The predicted octanol–water partition coefficient (Wildman–Crippen LogP) is 0.343. The van der Waals surface area contributed by atoms with Crippen molar-refractivity contribution in [2.45, 2.75) is 44.7 Å². The molecule has 1 fully saturated rings. The van der Waals surface area contributed by atoms with Gasteiger partial charge < -0.3 is 10.6 Å². The minimum absolute atomic E-state index is 0.0645. The first kappa shape index (κ1) is 12.0. The molecule has 0 unspecified atom stereocenters. The number of carbonyl (C=O) groups excluding carboxylic acids is 1. The Morgan fingerprint density at radius 1 is 1.59 bits per heavy atom. The number of nitrogens with two attached hydrogens (primary N) is 1. The fourth-order valence-electron chi connectivity index (χ4n) is 2.00. The van der Waals surface area contributed by atoms with Gasteiger partial charge in [-0.3, -0.25) is 9.89 Å². The van der Waals surface area contributed by atoms with Crippen molar-refractivity contribution in [3.63, 3.8) is 0 Å². The van der Waals surface area contributed by atoms with Crippen LogP contribution in [-0.4, -0.2) is 38.6 Å². The van der Waals surface area contributed by atoms with E-state index in [1.165, 1.54) is 0 Å². The number of hydrogen-bond donors (Lipinski definition) is 2. The van der Waals surface area contributed by atoms with Gasteiger partial charge in [0.15, 0.2) is 5.82 Å². The van der Waals surface area contributed by atoms with E-state index in [0.717, 1.165) is 25.1 Å². The number of carbonyl (C=O) groups is 1. The first-order valence-corrected chi connectivity index (χ1v) is 5.89. The Morgan fingerprint density at radius 3 is 2.76 bits per heavy atom. The van der Waals surface area contributed by atoms with E-state index in [4.69, 9.17) is 5.73 Å². The van der Waals surface area contributed by atoms with E-state index in [2.05, 4.69) is 15.2 Å². The summed E-state index contributed by atoms with van der Waals surface area (Å²) < 4.78 is 0. The standard InChI is InChI=1S/C11H19N5O/c1-8-13-9(15-14-8)7-16(2)10(17)6-11(12)4-3-5-11/h3-7,12H2,1-2H3,(H,13,14,15). The maximum Gasteiger partial charge on any atom is 0.224 e. The molecule has 3 N–H and O–H groups in total. The molecule has 0 spiro atoms. The van der Waals surface area contributed by atoms with Crippen molar-refractivity contribution in [1.82, 2.24) is 20.1 Å². The van der Waals surface area contributed by atoms with Crippen molar-refractivity contribution < 1.29 is 4.79 Å². The van der Waals surface area contributed by atoms with Crippen molar-refractivity contribution in [2.75, 3.05) is 7.05 Å². The molecule has 6 heteroatoms. The highest BCUT2D eigenvalue weighted by Crippen LogP contribution is 2.32. The summed E-state index contributed by atoms with van der Waals surface area (Å²) in [4.78, 5) is 17.7. The zero-order valence-corrected chi connectivity index (χ0v) is 10.4. The molecule has 0 atom stereocenters. The largest absolute Gasteiger partial charge is 0.338 e. The number of aromatic nitrogens is 3. The van der Waals surface area contributed by atoms with Crippen LogP contribution in [0.2, 0.25) is 0 Å². The second-order valence-electron chi connectivity index (χ2n) is 4.98. The molecule has 0 saturated heterocycles. The van der Waals surface area contributed by atoms with Gasteiger partial charge in [0.2, 0.25) is 5.91 Å². The van der Waals surface area contributed by atoms with Gasteiger partial charge in [0.1, 0.15) is 5.82 Å². The number of rotatable bonds is 4. The molecule has 0 aromatic carbocycles. The molecule has 17 heavy (non-hydrogen) atoms. The topological polar surface area (TPSA) is 87.9 Å². The molecule has 1 aliphatic rings. The molecule has 94 valence electrons. The number of nitrogens with one attached hydrogen (secondary N) is 1. The van der Waals surface area contributed by atoms with E-state index in [1.807, 2.05) is 6.92 Å². The van der Waals surface area contributed by atoms with Crippen molar-refractivity contribution in [2.24, 2.45) is 5.73 Å². The zero-order valence-electron chi connectivity index (χ0n) is 10.4. The van der Waals surface area contributed by atoms with Gasteiger partial charge in [-0.1, -0.05) is 0 Å². The molecule has 0 radical (unpaired) electrons. The maximum absolute atomic E-state index is 11.9. The third-order valence-electron chi connectivity index (χ3n) is 3.30. The molecule has 0 bridgehead atoms. The van der Waals surface area contributed by atoms with Gasteiger partial charge in [0.25, 0.3) is 0 Å². The van der Waals surface area contributed by atoms with Crippen molar-refractivity contribution in [3.8, 4) is 0 Å². The van der Waals surface area contributed by atoms with Crippen LogP contribution >= 0.6 is 0 Å². The van der Waals surface area contributed by atoms with Gasteiger partial charge in [0.05, 0.1) is 6.54 Å². The minimum Gasteiger partial charge on any atom is -0.338 e. The Labute approximate surface area is 101 Å². The van der Waals surface area contributed by atoms with Crippen LogP contribution in [0.4, 0.5) is 0 Å². The third kappa shape index (κ3) is 2.82.